The van der Waals surface area contributed by atoms with Crippen molar-refractivity contribution in [2.75, 3.05) is 10.6 Å². The number of aromatic nitrogens is 2. The van der Waals surface area contributed by atoms with Gasteiger partial charge in [0.05, 0.1) is 6.10 Å². The summed E-state index contributed by atoms with van der Waals surface area (Å²) in [5.41, 5.74) is 0.400. The zero-order valence-corrected chi connectivity index (χ0v) is 21.5. The van der Waals surface area contributed by atoms with Gasteiger partial charge in [-0.1, -0.05) is 71.9 Å². The van der Waals surface area contributed by atoms with E-state index >= 15 is 0 Å². The molecule has 1 aliphatic heterocycles. The molecule has 7 heteroatoms. The minimum Gasteiger partial charge on any atom is -0.354 e. The fourth-order valence-electron chi connectivity index (χ4n) is 4.85. The Morgan fingerprint density at radius 1 is 1.03 bits per heavy atom. The fourth-order valence-corrected chi connectivity index (χ4v) is 4.85. The van der Waals surface area contributed by atoms with Crippen LogP contribution in [0.2, 0.25) is 0 Å². The molecular formula is C28H36N4O3. The average Bonchev–Trinajstić information content (AvgIpc) is 3.16. The van der Waals surface area contributed by atoms with Crippen molar-refractivity contribution < 1.29 is 9.53 Å². The highest BCUT2D eigenvalue weighted by Gasteiger charge is 2.44. The maximum Gasteiger partial charge on any atom is 0.351 e. The predicted octanol–water partition coefficient (Wildman–Crippen LogP) is 6.43. The molecule has 7 nitrogen and oxygen atoms in total. The van der Waals surface area contributed by atoms with E-state index in [2.05, 4.69) is 57.2 Å². The van der Waals surface area contributed by atoms with Crippen LogP contribution in [0.1, 0.15) is 60.6 Å². The average molecular weight is 477 g/mol. The quantitative estimate of drug-likeness (QED) is 0.455. The van der Waals surface area contributed by atoms with Crippen LogP contribution in [0.15, 0.2) is 59.5 Å². The van der Waals surface area contributed by atoms with Gasteiger partial charge in [-0.2, -0.15) is 4.98 Å². The molecule has 2 aromatic carbocycles. The van der Waals surface area contributed by atoms with Gasteiger partial charge in [0.1, 0.15) is 12.0 Å². The van der Waals surface area contributed by atoms with E-state index in [1.807, 2.05) is 42.5 Å². The number of anilines is 2. The Labute approximate surface area is 206 Å². The first kappa shape index (κ1) is 24.9. The van der Waals surface area contributed by atoms with Crippen molar-refractivity contribution >= 4 is 28.3 Å². The summed E-state index contributed by atoms with van der Waals surface area (Å²) in [6, 6.07) is 14.8. The summed E-state index contributed by atoms with van der Waals surface area (Å²) in [6.45, 7) is 13.3. The molecule has 4 rings (SSSR count). The van der Waals surface area contributed by atoms with Crippen LogP contribution >= 0.6 is 0 Å². The molecule has 0 spiro atoms. The first-order valence-electron chi connectivity index (χ1n) is 12.2. The monoisotopic (exact) mass is 476 g/mol. The molecule has 186 valence electrons. The number of hydrogen-bond donors (Lipinski definition) is 2. The topological polar surface area (TPSA) is 85.2 Å². The molecule has 1 unspecified atom stereocenters. The van der Waals surface area contributed by atoms with Gasteiger partial charge < -0.3 is 10.1 Å². The smallest absolute Gasteiger partial charge is 0.351 e. The lowest BCUT2D eigenvalue weighted by Crippen LogP contribution is -2.31. The Morgan fingerprint density at radius 2 is 1.74 bits per heavy atom. The van der Waals surface area contributed by atoms with Crippen molar-refractivity contribution in [2.24, 2.45) is 16.7 Å². The van der Waals surface area contributed by atoms with Crippen molar-refractivity contribution in [3.05, 3.63) is 65.2 Å². The minimum atomic E-state index is -0.458. The number of rotatable bonds is 4. The molecule has 0 saturated carbocycles. The lowest BCUT2D eigenvalue weighted by atomic mass is 9.73. The number of hydrogen-bond acceptors (Lipinski definition) is 4. The van der Waals surface area contributed by atoms with Gasteiger partial charge in [0, 0.05) is 11.9 Å². The number of benzene rings is 2. The number of nitrogens with one attached hydrogen (secondary N) is 2. The molecule has 2 heterocycles. The third-order valence-electron chi connectivity index (χ3n) is 6.55. The highest BCUT2D eigenvalue weighted by Crippen LogP contribution is 2.46. The summed E-state index contributed by atoms with van der Waals surface area (Å²) >= 11 is 0. The molecule has 2 amide bonds. The van der Waals surface area contributed by atoms with Crippen molar-refractivity contribution in [2.45, 2.75) is 66.7 Å². The maximum atomic E-state index is 12.9. The van der Waals surface area contributed by atoms with Gasteiger partial charge in [0.2, 0.25) is 0 Å². The summed E-state index contributed by atoms with van der Waals surface area (Å²) in [7, 11) is 0. The molecule has 3 aromatic rings. The Balaban J connectivity index is 1.45. The van der Waals surface area contributed by atoms with Gasteiger partial charge in [0.25, 0.3) is 0 Å². The van der Waals surface area contributed by atoms with Gasteiger partial charge in [-0.05, 0) is 58.6 Å². The Morgan fingerprint density at radius 3 is 2.40 bits per heavy atom. The highest BCUT2D eigenvalue weighted by atomic mass is 16.5. The van der Waals surface area contributed by atoms with Crippen LogP contribution in [0.4, 0.5) is 16.3 Å². The van der Waals surface area contributed by atoms with Gasteiger partial charge >= 0.3 is 11.7 Å². The molecule has 1 aromatic heterocycles. The van der Waals surface area contributed by atoms with E-state index in [1.165, 1.54) is 4.57 Å². The third kappa shape index (κ3) is 6.09. The standard InChI is InChI=1S/C28H36N4O3/c1-27(2,3)17-22-21(28(4,5)6)16-24(35-22)32-14-13-23(31-26(32)34)30-25(33)29-20-12-11-18-9-7-8-10-19(18)15-20/h7-15,21-22,24H,16-17H2,1-6H3,(H2,29,30,31,33,34)/t21-,22?,24-/m1/s1. The molecule has 35 heavy (non-hydrogen) atoms. The Bertz CT molecular complexity index is 1270. The van der Waals surface area contributed by atoms with E-state index in [1.54, 1.807) is 12.3 Å². The number of fused-ring (bicyclic) bond motifs is 1. The largest absolute Gasteiger partial charge is 0.354 e. The second-order valence-corrected chi connectivity index (χ2v) is 11.7. The zero-order chi connectivity index (χ0) is 25.4. The minimum absolute atomic E-state index is 0.0596. The van der Waals surface area contributed by atoms with Crippen LogP contribution in [0.5, 0.6) is 0 Å². The van der Waals surface area contributed by atoms with E-state index in [-0.39, 0.29) is 29.0 Å². The summed E-state index contributed by atoms with van der Waals surface area (Å²) < 4.78 is 7.94. The number of urea groups is 1. The third-order valence-corrected chi connectivity index (χ3v) is 6.55. The number of carbonyl (C=O) groups excluding carboxylic acids is 1. The molecule has 3 atom stereocenters. The van der Waals surface area contributed by atoms with Crippen LogP contribution in [-0.2, 0) is 4.74 Å². The molecule has 1 saturated heterocycles. The summed E-state index contributed by atoms with van der Waals surface area (Å²) in [5.74, 6) is 0.519. The fraction of sp³-hybridized carbons (Fsp3) is 0.464. The SMILES string of the molecule is CC(C)(C)CC1O[C@@H](n2ccc(NC(=O)Nc3ccc4ccccc4c3)nc2=O)C[C@H]1C(C)(C)C. The maximum absolute atomic E-state index is 12.9. The first-order valence-corrected chi connectivity index (χ1v) is 12.2. The van der Waals surface area contributed by atoms with Crippen LogP contribution in [0.3, 0.4) is 0 Å². The predicted molar refractivity (Wildman–Crippen MR) is 141 cm³/mol. The Hall–Kier alpha value is -3.19. The molecular weight excluding hydrogens is 440 g/mol. The number of nitrogens with zero attached hydrogens (tertiary/aromatic N) is 2. The molecule has 0 radical (unpaired) electrons. The highest BCUT2D eigenvalue weighted by molar-refractivity contribution is 6.00. The van der Waals surface area contributed by atoms with E-state index < -0.39 is 11.7 Å². The zero-order valence-electron chi connectivity index (χ0n) is 21.5. The van der Waals surface area contributed by atoms with E-state index in [4.69, 9.17) is 4.74 Å². The van der Waals surface area contributed by atoms with Crippen molar-refractivity contribution in [3.63, 3.8) is 0 Å². The number of ether oxygens (including phenoxy) is 1. The summed E-state index contributed by atoms with van der Waals surface area (Å²) in [6.07, 6.45) is 3.03. The lowest BCUT2D eigenvalue weighted by Gasteiger charge is -2.33. The van der Waals surface area contributed by atoms with Crippen LogP contribution in [-0.4, -0.2) is 21.7 Å². The van der Waals surface area contributed by atoms with Crippen molar-refractivity contribution in [1.29, 1.82) is 0 Å². The molecule has 1 fully saturated rings. The van der Waals surface area contributed by atoms with Gasteiger partial charge in [0.15, 0.2) is 0 Å². The molecule has 1 aliphatic rings. The van der Waals surface area contributed by atoms with Crippen LogP contribution in [0.25, 0.3) is 10.8 Å². The van der Waals surface area contributed by atoms with Crippen LogP contribution in [0, 0.1) is 16.7 Å². The van der Waals surface area contributed by atoms with Crippen LogP contribution < -0.4 is 16.3 Å². The van der Waals surface area contributed by atoms with E-state index in [0.29, 0.717) is 11.6 Å². The van der Waals surface area contributed by atoms with Crippen molar-refractivity contribution in [3.8, 4) is 0 Å². The van der Waals surface area contributed by atoms with Gasteiger partial charge in [-0.3, -0.25) is 9.88 Å². The molecule has 0 bridgehead atoms. The number of amides is 2. The second-order valence-electron chi connectivity index (χ2n) is 11.7. The first-order chi connectivity index (χ1) is 16.4. The molecule has 0 aliphatic carbocycles. The normalized spacial score (nSPS) is 20.7. The lowest BCUT2D eigenvalue weighted by molar-refractivity contribution is -0.0341. The summed E-state index contributed by atoms with van der Waals surface area (Å²) in [5, 5.41) is 7.58. The second kappa shape index (κ2) is 9.46. The Kier molecular flexibility index (Phi) is 6.73. The van der Waals surface area contributed by atoms with E-state index in [0.717, 1.165) is 23.6 Å². The van der Waals surface area contributed by atoms with E-state index in [9.17, 15) is 9.59 Å². The summed E-state index contributed by atoms with van der Waals surface area (Å²) in [4.78, 5) is 29.5. The van der Waals surface area contributed by atoms with Crippen molar-refractivity contribution in [1.82, 2.24) is 9.55 Å². The van der Waals surface area contributed by atoms with Gasteiger partial charge in [-0.15, -0.1) is 0 Å². The van der Waals surface area contributed by atoms with Gasteiger partial charge in [-0.25, -0.2) is 9.59 Å². The molecule has 2 N–H and O–H groups in total. The number of carbonyl (C=O) groups is 1.